The molecule has 0 spiro atoms. The van der Waals surface area contributed by atoms with Crippen LogP contribution in [0.5, 0.6) is 5.75 Å². The third-order valence-electron chi connectivity index (χ3n) is 2.07. The van der Waals surface area contributed by atoms with Crippen LogP contribution in [0.25, 0.3) is 11.4 Å². The number of ether oxygens (including phenoxy) is 1. The lowest BCUT2D eigenvalue weighted by Crippen LogP contribution is -2.02. The average molecular weight is 295 g/mol. The van der Waals surface area contributed by atoms with Gasteiger partial charge in [0.25, 0.3) is 0 Å². The molecular formula is C12H11BrN2O2. The molecule has 0 atom stereocenters. The molecular weight excluding hydrogens is 284 g/mol. The smallest absolute Gasteiger partial charge is 0.159 e. The van der Waals surface area contributed by atoms with Crippen LogP contribution in [-0.4, -0.2) is 28.3 Å². The van der Waals surface area contributed by atoms with Gasteiger partial charge in [-0.3, -0.25) is 0 Å². The zero-order chi connectivity index (χ0) is 12.1. The zero-order valence-electron chi connectivity index (χ0n) is 9.01. The van der Waals surface area contributed by atoms with E-state index in [9.17, 15) is 0 Å². The Bertz CT molecular complexity index is 488. The summed E-state index contributed by atoms with van der Waals surface area (Å²) in [4.78, 5) is 8.41. The van der Waals surface area contributed by atoms with E-state index in [4.69, 9.17) is 9.84 Å². The number of aliphatic hydroxyl groups excluding tert-OH is 1. The fraction of sp³-hybridized carbons (Fsp3) is 0.167. The predicted octanol–water partition coefficient (Wildman–Crippen LogP) is 2.28. The van der Waals surface area contributed by atoms with Crippen LogP contribution in [0.3, 0.4) is 0 Å². The summed E-state index contributed by atoms with van der Waals surface area (Å²) in [6, 6.07) is 7.76. The summed E-state index contributed by atoms with van der Waals surface area (Å²) < 4.78 is 6.17. The van der Waals surface area contributed by atoms with Crippen LogP contribution in [0.4, 0.5) is 0 Å². The van der Waals surface area contributed by atoms with Crippen LogP contribution >= 0.6 is 15.9 Å². The van der Waals surface area contributed by atoms with Gasteiger partial charge in [-0.1, -0.05) is 28.1 Å². The van der Waals surface area contributed by atoms with Crippen molar-refractivity contribution in [2.24, 2.45) is 0 Å². The predicted molar refractivity (Wildman–Crippen MR) is 67.7 cm³/mol. The lowest BCUT2D eigenvalue weighted by Gasteiger charge is -2.04. The summed E-state index contributed by atoms with van der Waals surface area (Å²) in [6.45, 7) is 0.229. The van der Waals surface area contributed by atoms with Crippen molar-refractivity contribution in [3.05, 3.63) is 41.1 Å². The van der Waals surface area contributed by atoms with Gasteiger partial charge in [0.1, 0.15) is 6.61 Å². The number of aromatic nitrogens is 2. The Hall–Kier alpha value is -1.46. The van der Waals surface area contributed by atoms with Crippen molar-refractivity contribution in [2.45, 2.75) is 0 Å². The van der Waals surface area contributed by atoms with Crippen molar-refractivity contribution in [2.75, 3.05) is 13.2 Å². The Balaban J connectivity index is 2.17. The van der Waals surface area contributed by atoms with E-state index < -0.39 is 0 Å². The van der Waals surface area contributed by atoms with Crippen LogP contribution in [0, 0.1) is 0 Å². The zero-order valence-corrected chi connectivity index (χ0v) is 10.6. The van der Waals surface area contributed by atoms with E-state index >= 15 is 0 Å². The van der Waals surface area contributed by atoms with Gasteiger partial charge in [-0.2, -0.15) is 0 Å². The highest BCUT2D eigenvalue weighted by atomic mass is 79.9. The summed E-state index contributed by atoms with van der Waals surface area (Å²) >= 11 is 3.40. The van der Waals surface area contributed by atoms with Gasteiger partial charge in [0.2, 0.25) is 0 Å². The highest BCUT2D eigenvalue weighted by Crippen LogP contribution is 2.20. The van der Waals surface area contributed by atoms with Gasteiger partial charge in [-0.15, -0.1) is 0 Å². The molecule has 0 saturated carbocycles. The summed E-state index contributed by atoms with van der Waals surface area (Å²) in [7, 11) is 0. The van der Waals surface area contributed by atoms with E-state index in [0.29, 0.717) is 11.6 Å². The second-order valence-corrected chi connectivity index (χ2v) is 4.24. The molecule has 0 aliphatic rings. The minimum atomic E-state index is -0.0205. The molecule has 0 saturated heterocycles. The number of benzene rings is 1. The molecule has 0 aliphatic carbocycles. The molecule has 0 bridgehead atoms. The van der Waals surface area contributed by atoms with Gasteiger partial charge in [0.05, 0.1) is 19.0 Å². The van der Waals surface area contributed by atoms with E-state index in [0.717, 1.165) is 10.0 Å². The minimum absolute atomic E-state index is 0.0205. The molecule has 2 rings (SSSR count). The maximum Gasteiger partial charge on any atom is 0.159 e. The second kappa shape index (κ2) is 5.75. The Kier molecular flexibility index (Phi) is 4.06. The van der Waals surface area contributed by atoms with Gasteiger partial charge in [0, 0.05) is 10.0 Å². The number of hydrogen-bond acceptors (Lipinski definition) is 4. The fourth-order valence-corrected chi connectivity index (χ4v) is 1.73. The molecule has 0 fully saturated rings. The molecule has 1 N–H and O–H groups in total. The van der Waals surface area contributed by atoms with Crippen LogP contribution in [0.15, 0.2) is 41.1 Å². The van der Waals surface area contributed by atoms with Crippen LogP contribution in [0.2, 0.25) is 0 Å². The number of nitrogens with zero attached hydrogens (tertiary/aromatic N) is 2. The van der Waals surface area contributed by atoms with E-state index in [-0.39, 0.29) is 13.2 Å². The van der Waals surface area contributed by atoms with Crippen molar-refractivity contribution < 1.29 is 9.84 Å². The standard InChI is InChI=1S/C12H11BrN2O2/c13-10-3-1-2-9(6-10)12-14-7-11(8-15-12)17-5-4-16/h1-3,6-8,16H,4-5H2. The summed E-state index contributed by atoms with van der Waals surface area (Å²) in [6.07, 6.45) is 3.19. The van der Waals surface area contributed by atoms with Gasteiger partial charge in [0.15, 0.2) is 11.6 Å². The maximum absolute atomic E-state index is 8.62. The first kappa shape index (κ1) is 12.0. The minimum Gasteiger partial charge on any atom is -0.488 e. The molecule has 0 aliphatic heterocycles. The molecule has 0 amide bonds. The number of rotatable bonds is 4. The first-order valence-corrected chi connectivity index (χ1v) is 5.90. The van der Waals surface area contributed by atoms with Crippen molar-refractivity contribution in [3.8, 4) is 17.1 Å². The van der Waals surface area contributed by atoms with Gasteiger partial charge >= 0.3 is 0 Å². The number of aliphatic hydroxyl groups is 1. The van der Waals surface area contributed by atoms with Crippen molar-refractivity contribution in [1.29, 1.82) is 0 Å². The van der Waals surface area contributed by atoms with Gasteiger partial charge in [-0.05, 0) is 12.1 Å². The molecule has 1 aromatic heterocycles. The van der Waals surface area contributed by atoms with Crippen LogP contribution < -0.4 is 4.74 Å². The quantitative estimate of drug-likeness (QED) is 0.940. The summed E-state index contributed by atoms with van der Waals surface area (Å²) in [5.74, 6) is 1.19. The highest BCUT2D eigenvalue weighted by molar-refractivity contribution is 9.10. The Morgan fingerprint density at radius 2 is 2.00 bits per heavy atom. The monoisotopic (exact) mass is 294 g/mol. The average Bonchev–Trinajstić information content (AvgIpc) is 2.37. The Labute approximate surface area is 107 Å². The van der Waals surface area contributed by atoms with Gasteiger partial charge < -0.3 is 9.84 Å². The molecule has 4 nitrogen and oxygen atoms in total. The highest BCUT2D eigenvalue weighted by Gasteiger charge is 2.02. The lowest BCUT2D eigenvalue weighted by atomic mass is 10.2. The van der Waals surface area contributed by atoms with E-state index in [1.54, 1.807) is 12.4 Å². The van der Waals surface area contributed by atoms with Crippen molar-refractivity contribution in [3.63, 3.8) is 0 Å². The largest absolute Gasteiger partial charge is 0.488 e. The van der Waals surface area contributed by atoms with Crippen LogP contribution in [-0.2, 0) is 0 Å². The topological polar surface area (TPSA) is 55.2 Å². The van der Waals surface area contributed by atoms with Crippen molar-refractivity contribution >= 4 is 15.9 Å². The molecule has 17 heavy (non-hydrogen) atoms. The molecule has 88 valence electrons. The van der Waals surface area contributed by atoms with E-state index in [2.05, 4.69) is 25.9 Å². The SMILES string of the molecule is OCCOc1cnc(-c2cccc(Br)c2)nc1. The van der Waals surface area contributed by atoms with E-state index in [1.807, 2.05) is 24.3 Å². The third-order valence-corrected chi connectivity index (χ3v) is 2.56. The summed E-state index contributed by atoms with van der Waals surface area (Å²) in [5.41, 5.74) is 0.938. The maximum atomic E-state index is 8.62. The first-order valence-electron chi connectivity index (χ1n) is 5.11. The number of hydrogen-bond donors (Lipinski definition) is 1. The fourth-order valence-electron chi connectivity index (χ4n) is 1.33. The first-order chi connectivity index (χ1) is 8.29. The van der Waals surface area contributed by atoms with E-state index in [1.165, 1.54) is 0 Å². The van der Waals surface area contributed by atoms with Crippen LogP contribution in [0.1, 0.15) is 0 Å². The molecule has 2 aromatic rings. The Morgan fingerprint density at radius 1 is 1.24 bits per heavy atom. The second-order valence-electron chi connectivity index (χ2n) is 3.32. The molecule has 5 heteroatoms. The molecule has 0 unspecified atom stereocenters. The third kappa shape index (κ3) is 3.25. The normalized spacial score (nSPS) is 10.2. The Morgan fingerprint density at radius 3 is 2.65 bits per heavy atom. The summed E-state index contributed by atoms with van der Waals surface area (Å²) in [5, 5.41) is 8.62. The molecule has 1 aromatic carbocycles. The molecule has 1 heterocycles. The molecule has 0 radical (unpaired) electrons. The lowest BCUT2D eigenvalue weighted by molar-refractivity contribution is 0.200. The van der Waals surface area contributed by atoms with Gasteiger partial charge in [-0.25, -0.2) is 9.97 Å². The number of halogens is 1. The van der Waals surface area contributed by atoms with Crippen molar-refractivity contribution in [1.82, 2.24) is 9.97 Å².